The van der Waals surface area contributed by atoms with Crippen molar-refractivity contribution in [2.75, 3.05) is 14.2 Å². The van der Waals surface area contributed by atoms with Gasteiger partial charge < -0.3 is 38.6 Å². The number of benzene rings is 6. The van der Waals surface area contributed by atoms with Gasteiger partial charge in [-0.1, -0.05) is 113 Å². The van der Waals surface area contributed by atoms with Crippen LogP contribution in [0, 0.1) is 73.1 Å². The molecule has 14 rings (SSSR count). The normalized spacial score (nSPS) is 14.8. The fraction of sp³-hybridized carbons (Fsp3) is 0.143. The minimum absolute atomic E-state index is 0. The molecule has 19 heteroatoms. The van der Waals surface area contributed by atoms with Crippen LogP contribution in [0.2, 0.25) is 0 Å². The van der Waals surface area contributed by atoms with Crippen molar-refractivity contribution >= 4 is 54.3 Å². The number of para-hydroxylation sites is 1. The van der Waals surface area contributed by atoms with Crippen molar-refractivity contribution in [1.82, 2.24) is 29.9 Å². The molecule has 0 unspecified atom stereocenters. The monoisotopic (exact) mass is 1680 g/mol. The molecular formula is C77H67F3Ir2N6O7S-4. The zero-order valence-electron chi connectivity index (χ0n) is 71.5. The second kappa shape index (κ2) is 34.9. The molecule has 496 valence electrons. The van der Waals surface area contributed by atoms with Crippen LogP contribution in [0.4, 0.5) is 13.2 Å². The summed E-state index contributed by atoms with van der Waals surface area (Å²) in [5.74, 6) is 0. The van der Waals surface area contributed by atoms with E-state index in [1.165, 1.54) is 67.3 Å². The molecule has 0 bridgehead atoms. The molecule has 0 fully saturated rings. The van der Waals surface area contributed by atoms with Crippen molar-refractivity contribution in [1.29, 1.82) is 0 Å². The predicted octanol–water partition coefficient (Wildman–Crippen LogP) is 18.0. The van der Waals surface area contributed by atoms with E-state index in [-0.39, 0.29) is 85.0 Å². The number of nitrogens with zero attached hydrogens (tertiary/aromatic N) is 6. The number of pyridine rings is 6. The van der Waals surface area contributed by atoms with Crippen LogP contribution in [0.5, 0.6) is 0 Å². The molecule has 14 aromatic rings. The first-order chi connectivity index (χ1) is 53.6. The van der Waals surface area contributed by atoms with Crippen LogP contribution in [0.1, 0.15) is 73.6 Å². The van der Waals surface area contributed by atoms with Gasteiger partial charge in [0.05, 0.1) is 11.3 Å². The first-order valence-electron chi connectivity index (χ1n) is 38.2. The number of alkyl halides is 3. The van der Waals surface area contributed by atoms with E-state index in [9.17, 15) is 13.2 Å². The van der Waals surface area contributed by atoms with E-state index in [1.807, 2.05) is 67.6 Å². The molecule has 0 saturated heterocycles. The van der Waals surface area contributed by atoms with Crippen LogP contribution >= 0.6 is 0 Å². The van der Waals surface area contributed by atoms with Gasteiger partial charge in [-0.15, -0.1) is 90.0 Å². The van der Waals surface area contributed by atoms with Crippen molar-refractivity contribution in [2.45, 2.75) is 60.4 Å². The Morgan fingerprint density at radius 2 is 0.906 bits per heavy atom. The van der Waals surface area contributed by atoms with E-state index in [2.05, 4.69) is 48.1 Å². The fourth-order valence-corrected chi connectivity index (χ4v) is 8.95. The van der Waals surface area contributed by atoms with Gasteiger partial charge in [0.15, 0.2) is 10.1 Å². The second-order valence-corrected chi connectivity index (χ2v) is 20.9. The molecule has 13 nitrogen and oxygen atoms in total. The Kier molecular flexibility index (Phi) is 18.3. The number of fused-ring (bicyclic) bond motifs is 6. The van der Waals surface area contributed by atoms with Crippen molar-refractivity contribution < 1.29 is 114 Å². The maximum Gasteiger partial charge on any atom is 0.485 e. The topological polar surface area (TPSA) is 201 Å². The number of aliphatic hydroxyl groups excluding tert-OH is 2. The third kappa shape index (κ3) is 19.2. The summed E-state index contributed by atoms with van der Waals surface area (Å²) in [5.41, 5.74) is 4.62. The third-order valence-electron chi connectivity index (χ3n) is 13.3. The summed E-state index contributed by atoms with van der Waals surface area (Å²) in [4.78, 5) is 25.9. The van der Waals surface area contributed by atoms with Gasteiger partial charge in [-0.3, -0.25) is 4.98 Å². The Morgan fingerprint density at radius 1 is 0.448 bits per heavy atom. The fourth-order valence-electron chi connectivity index (χ4n) is 8.95. The summed E-state index contributed by atoms with van der Waals surface area (Å²) in [6, 6.07) is 61.8. The summed E-state index contributed by atoms with van der Waals surface area (Å²) >= 11 is 0. The molecule has 0 aliphatic rings. The van der Waals surface area contributed by atoms with Gasteiger partial charge in [-0.05, 0) is 142 Å². The maximum absolute atomic E-state index is 10.7. The van der Waals surface area contributed by atoms with Crippen molar-refractivity contribution in [3.05, 3.63) is 276 Å². The van der Waals surface area contributed by atoms with Gasteiger partial charge >= 0.3 is 5.51 Å². The number of halogens is 3. The Labute approximate surface area is 613 Å². The standard InChI is InChI=1S/C25H20N2O.C25H19N2O.2C12H10N.CHF3O3S.2CH4O.2Ir/c2*1-15-7-10-18(11-8-15)22-14-26-23(13-16(22)2)21-6-4-5-19-20-12-9-17(3)27-25(20)28-24(19)21;2*1-10-7-8-12(13-9-10)11-5-3-2-4-6-11;2-1(3,4)8(5,6)7;2*1-2;;/h4-14H,1-3H3;4-5,7-14H,1-3H3;2*2-5,7-9H,1H3;(H,5,6,7);2*2H,1H3;;/q;3*-1;;;;;/p-1/i1D3,2D3,3D3;1D3,2D3;2*1D3;;;;;. The first kappa shape index (κ1) is 50.2. The van der Waals surface area contributed by atoms with E-state index < -0.39 is 63.6 Å². The number of aromatic nitrogens is 6. The molecule has 0 saturated carbocycles. The number of hydrogen-bond donors (Lipinski definition) is 2. The first-order valence-corrected chi connectivity index (χ1v) is 29.1. The smallest absolute Gasteiger partial charge is 0.485 e. The number of furan rings is 2. The van der Waals surface area contributed by atoms with Crippen molar-refractivity contribution in [3.8, 4) is 67.3 Å². The number of aliphatic hydroxyl groups is 2. The van der Waals surface area contributed by atoms with E-state index >= 15 is 0 Å². The minimum Gasteiger partial charge on any atom is -0.741 e. The van der Waals surface area contributed by atoms with Gasteiger partial charge in [0.1, 0.15) is 5.58 Å². The third-order valence-corrected chi connectivity index (χ3v) is 13.9. The SMILES string of the molecule is CO.CO.O=S(=O)([O-])C(F)(F)F.[2H]C([2H])([2H])c1ccc(-c2[c-]cccc2)nc1.[2H]C([2H])([2H])c1ccc(-c2[c-]cccc2)nc1.[2H]C([2H])([2H])c1ccc(-c2cnc(-c3[c-]ccc4c3oc3nc(C)ccc34)cc2C([2H])([2H])[2H])cc1.[2H]C([2H])([2H])c1ccc(-c2cnc(-c3cccc4c3oc3nc(C([2H])([2H])[2H])ccc34)cc2C([2H])([2H])[2H])cc1.[Ir].[Ir]. The molecule has 8 aromatic heterocycles. The predicted molar refractivity (Wildman–Crippen MR) is 366 cm³/mol. The minimum atomic E-state index is -6.09. The summed E-state index contributed by atoms with van der Waals surface area (Å²) in [6.45, 7) is -14.1. The van der Waals surface area contributed by atoms with E-state index in [4.69, 9.17) is 60.8 Å². The summed E-state index contributed by atoms with van der Waals surface area (Å²) in [6.07, 6.45) is 5.74. The van der Waals surface area contributed by atoms with Crippen LogP contribution in [-0.2, 0) is 50.3 Å². The zero-order valence-corrected chi connectivity index (χ0v) is 56.1. The molecule has 0 atom stereocenters. The molecule has 0 aliphatic carbocycles. The van der Waals surface area contributed by atoms with Crippen LogP contribution in [0.25, 0.3) is 111 Å². The number of aryl methyl sites for hydroxylation is 8. The second-order valence-electron chi connectivity index (χ2n) is 19.5. The van der Waals surface area contributed by atoms with Gasteiger partial charge in [0.2, 0.25) is 11.4 Å². The Morgan fingerprint density at radius 3 is 1.36 bits per heavy atom. The van der Waals surface area contributed by atoms with E-state index in [1.54, 1.807) is 84.9 Å². The summed E-state index contributed by atoms with van der Waals surface area (Å²) in [7, 11) is -4.09. The largest absolute Gasteiger partial charge is 0.741 e. The van der Waals surface area contributed by atoms with Crippen LogP contribution in [0.15, 0.2) is 222 Å². The molecule has 96 heavy (non-hydrogen) atoms. The zero-order chi connectivity index (χ0) is 85.2. The Balaban J connectivity index is 0.000000242. The molecular weight excluding hydrogens is 1590 g/mol. The van der Waals surface area contributed by atoms with Crippen LogP contribution < -0.4 is 0 Å². The van der Waals surface area contributed by atoms with Gasteiger partial charge in [-0.25, -0.2) is 18.4 Å². The van der Waals surface area contributed by atoms with Gasteiger partial charge in [-0.2, -0.15) is 13.2 Å². The quantitative estimate of drug-likeness (QED) is 0.0905. The Hall–Kier alpha value is -9.26. The van der Waals surface area contributed by atoms with Crippen molar-refractivity contribution in [2.24, 2.45) is 0 Å². The molecule has 8 heterocycles. The van der Waals surface area contributed by atoms with Crippen molar-refractivity contribution in [3.63, 3.8) is 0 Å². The molecule has 0 spiro atoms. The van der Waals surface area contributed by atoms with Gasteiger partial charge in [0, 0.05) is 152 Å². The molecule has 6 aromatic carbocycles. The van der Waals surface area contributed by atoms with Crippen LogP contribution in [-0.4, -0.2) is 72.8 Å². The molecule has 2 radical (unpaired) electrons. The average molecular weight is 1680 g/mol. The number of rotatable bonds is 6. The van der Waals surface area contributed by atoms with E-state index in [0.29, 0.717) is 72.4 Å². The average Bonchev–Trinajstić information content (AvgIpc) is 1.63. The Bertz CT molecular complexity index is 5670. The van der Waals surface area contributed by atoms with Crippen LogP contribution in [0.3, 0.4) is 0 Å². The summed E-state index contributed by atoms with van der Waals surface area (Å²) in [5, 5.41) is 17.0. The maximum atomic E-state index is 10.7. The number of hydrogen-bond acceptors (Lipinski definition) is 13. The van der Waals surface area contributed by atoms with Gasteiger partial charge in [0.25, 0.3) is 0 Å². The molecule has 0 aliphatic heterocycles. The summed E-state index contributed by atoms with van der Waals surface area (Å²) < 4.78 is 231. The van der Waals surface area contributed by atoms with E-state index in [0.717, 1.165) is 53.2 Å². The molecule has 2 N–H and O–H groups in total. The molecule has 0 amide bonds.